The van der Waals surface area contributed by atoms with Crippen LogP contribution in [0.4, 0.5) is 5.69 Å². The first-order chi connectivity index (χ1) is 16.6. The van der Waals surface area contributed by atoms with Gasteiger partial charge in [0, 0.05) is 57.5 Å². The minimum absolute atomic E-state index is 0.208. The molecule has 0 spiro atoms. The number of hydrogen-bond donors (Lipinski definition) is 1. The minimum Gasteiger partial charge on any atom is -0.372 e. The number of fused-ring (bicyclic) bond motifs is 1. The summed E-state index contributed by atoms with van der Waals surface area (Å²) in [6.07, 6.45) is 4.22. The molecule has 0 atom stereocenters. The molecule has 4 aromatic rings. The Balaban J connectivity index is 1.34. The number of aromatic nitrogens is 1. The van der Waals surface area contributed by atoms with E-state index < -0.39 is 0 Å². The number of hydrazone groups is 1. The first-order valence-electron chi connectivity index (χ1n) is 11.6. The van der Waals surface area contributed by atoms with Gasteiger partial charge in [-0.3, -0.25) is 4.79 Å². The van der Waals surface area contributed by atoms with Crippen LogP contribution in [0.3, 0.4) is 0 Å². The molecule has 34 heavy (non-hydrogen) atoms. The summed E-state index contributed by atoms with van der Waals surface area (Å²) in [6, 6.07) is 24.5. The number of para-hydroxylation sites is 1. The second-order valence-corrected chi connectivity index (χ2v) is 9.58. The van der Waals surface area contributed by atoms with E-state index in [0.717, 1.165) is 46.3 Å². The fourth-order valence-electron chi connectivity index (χ4n) is 4.62. The van der Waals surface area contributed by atoms with Crippen molar-refractivity contribution < 1.29 is 4.79 Å². The van der Waals surface area contributed by atoms with E-state index in [2.05, 4.69) is 79.2 Å². The minimum atomic E-state index is -0.208. The van der Waals surface area contributed by atoms with Crippen LogP contribution >= 0.6 is 15.9 Å². The summed E-state index contributed by atoms with van der Waals surface area (Å²) < 4.78 is 3.36. The molecular formula is C28H27BrN4O. The molecule has 1 aliphatic rings. The van der Waals surface area contributed by atoms with E-state index >= 15 is 0 Å². The number of carbonyl (C=O) groups excluding carboxylic acids is 1. The Labute approximate surface area is 208 Å². The Hall–Kier alpha value is -3.38. The number of halogens is 1. The van der Waals surface area contributed by atoms with Crippen molar-refractivity contribution in [2.75, 3.05) is 18.0 Å². The molecule has 0 unspecified atom stereocenters. The average Bonchev–Trinajstić information content (AvgIpc) is 3.49. The highest BCUT2D eigenvalue weighted by Crippen LogP contribution is 2.26. The van der Waals surface area contributed by atoms with Gasteiger partial charge < -0.3 is 9.47 Å². The normalized spacial score (nSPS) is 13.8. The van der Waals surface area contributed by atoms with E-state index in [9.17, 15) is 4.79 Å². The smallest absolute Gasteiger partial charge is 0.271 e. The molecule has 1 amide bonds. The second kappa shape index (κ2) is 9.85. The van der Waals surface area contributed by atoms with E-state index in [-0.39, 0.29) is 5.91 Å². The maximum Gasteiger partial charge on any atom is 0.271 e. The number of amides is 1. The zero-order valence-electron chi connectivity index (χ0n) is 19.2. The van der Waals surface area contributed by atoms with Crippen molar-refractivity contribution in [1.82, 2.24) is 9.99 Å². The van der Waals surface area contributed by atoms with E-state index in [4.69, 9.17) is 0 Å². The monoisotopic (exact) mass is 514 g/mol. The van der Waals surface area contributed by atoms with Crippen LogP contribution in [0.25, 0.3) is 10.9 Å². The number of rotatable bonds is 6. The van der Waals surface area contributed by atoms with Gasteiger partial charge in [-0.2, -0.15) is 5.10 Å². The summed E-state index contributed by atoms with van der Waals surface area (Å²) in [4.78, 5) is 15.0. The molecule has 0 aliphatic carbocycles. The summed E-state index contributed by atoms with van der Waals surface area (Å²) in [5.41, 5.74) is 8.96. The quantitative estimate of drug-likeness (QED) is 0.248. The topological polar surface area (TPSA) is 49.6 Å². The number of hydrogen-bond acceptors (Lipinski definition) is 3. The lowest BCUT2D eigenvalue weighted by Gasteiger charge is -2.17. The highest BCUT2D eigenvalue weighted by molar-refractivity contribution is 9.10. The molecule has 2 heterocycles. The van der Waals surface area contributed by atoms with Crippen molar-refractivity contribution >= 4 is 44.6 Å². The standard InChI is InChI=1S/C28H27BrN4O/c1-20-26(18-30-31-28(34)22-10-14-24(15-11-22)32-16-4-5-17-32)25-6-2-3-7-27(25)33(20)19-21-8-12-23(29)13-9-21/h2-3,6-15,18H,4-5,16-17,19H2,1H3,(H,31,34)/b30-18-. The molecule has 0 saturated carbocycles. The molecule has 5 nitrogen and oxygen atoms in total. The molecule has 1 fully saturated rings. The van der Waals surface area contributed by atoms with Crippen LogP contribution in [0.1, 0.15) is 40.0 Å². The van der Waals surface area contributed by atoms with E-state index in [1.807, 2.05) is 36.4 Å². The van der Waals surface area contributed by atoms with Gasteiger partial charge >= 0.3 is 0 Å². The molecular weight excluding hydrogens is 488 g/mol. The van der Waals surface area contributed by atoms with Crippen molar-refractivity contribution in [2.45, 2.75) is 26.3 Å². The maximum absolute atomic E-state index is 12.6. The molecule has 3 aromatic carbocycles. The number of anilines is 1. The molecule has 172 valence electrons. The Morgan fingerprint density at radius 2 is 1.71 bits per heavy atom. The fraction of sp³-hybridized carbons (Fsp3) is 0.214. The van der Waals surface area contributed by atoms with Crippen LogP contribution in [0, 0.1) is 6.92 Å². The fourth-order valence-corrected chi connectivity index (χ4v) is 4.88. The highest BCUT2D eigenvalue weighted by atomic mass is 79.9. The average molecular weight is 515 g/mol. The van der Waals surface area contributed by atoms with Crippen LogP contribution in [-0.4, -0.2) is 29.8 Å². The van der Waals surface area contributed by atoms with Crippen molar-refractivity contribution in [3.05, 3.63) is 99.7 Å². The molecule has 1 saturated heterocycles. The molecule has 1 N–H and O–H groups in total. The Kier molecular flexibility index (Phi) is 6.50. The maximum atomic E-state index is 12.6. The predicted octanol–water partition coefficient (Wildman–Crippen LogP) is 6.12. The summed E-state index contributed by atoms with van der Waals surface area (Å²) >= 11 is 3.50. The highest BCUT2D eigenvalue weighted by Gasteiger charge is 2.14. The Bertz CT molecular complexity index is 1330. The van der Waals surface area contributed by atoms with Crippen molar-refractivity contribution in [3.8, 4) is 0 Å². The summed E-state index contributed by atoms with van der Waals surface area (Å²) in [6.45, 7) is 5.04. The van der Waals surface area contributed by atoms with Crippen molar-refractivity contribution in [2.24, 2.45) is 5.10 Å². The Morgan fingerprint density at radius 3 is 2.44 bits per heavy atom. The van der Waals surface area contributed by atoms with Gasteiger partial charge in [0.1, 0.15) is 0 Å². The molecule has 0 radical (unpaired) electrons. The lowest BCUT2D eigenvalue weighted by atomic mass is 10.1. The number of carbonyl (C=O) groups is 1. The van der Waals surface area contributed by atoms with E-state index in [0.29, 0.717) is 5.56 Å². The Morgan fingerprint density at radius 1 is 1.00 bits per heavy atom. The van der Waals surface area contributed by atoms with Gasteiger partial charge in [-0.25, -0.2) is 5.43 Å². The zero-order valence-corrected chi connectivity index (χ0v) is 20.8. The van der Waals surface area contributed by atoms with Crippen LogP contribution in [0.15, 0.2) is 82.4 Å². The summed E-state index contributed by atoms with van der Waals surface area (Å²) in [7, 11) is 0. The van der Waals surface area contributed by atoms with Crippen LogP contribution in [-0.2, 0) is 6.54 Å². The zero-order chi connectivity index (χ0) is 23.5. The lowest BCUT2D eigenvalue weighted by Crippen LogP contribution is -2.19. The van der Waals surface area contributed by atoms with Gasteiger partial charge in [0.15, 0.2) is 0 Å². The molecule has 0 bridgehead atoms. The predicted molar refractivity (Wildman–Crippen MR) is 143 cm³/mol. The van der Waals surface area contributed by atoms with Crippen LogP contribution < -0.4 is 10.3 Å². The summed E-state index contributed by atoms with van der Waals surface area (Å²) in [5.74, 6) is -0.208. The SMILES string of the molecule is Cc1c(/C=N\NC(=O)c2ccc(N3CCCC3)cc2)c2ccccc2n1Cc1ccc(Br)cc1. The van der Waals surface area contributed by atoms with E-state index in [1.54, 1.807) is 6.21 Å². The first kappa shape index (κ1) is 22.4. The largest absolute Gasteiger partial charge is 0.372 e. The molecule has 5 rings (SSSR count). The molecule has 6 heteroatoms. The lowest BCUT2D eigenvalue weighted by molar-refractivity contribution is 0.0955. The molecule has 1 aliphatic heterocycles. The van der Waals surface area contributed by atoms with E-state index in [1.165, 1.54) is 24.1 Å². The van der Waals surface area contributed by atoms with Gasteiger partial charge in [0.25, 0.3) is 5.91 Å². The third-order valence-electron chi connectivity index (χ3n) is 6.49. The van der Waals surface area contributed by atoms with Gasteiger partial charge in [-0.05, 0) is 67.8 Å². The third kappa shape index (κ3) is 4.64. The second-order valence-electron chi connectivity index (χ2n) is 8.67. The molecule has 1 aromatic heterocycles. The van der Waals surface area contributed by atoms with Gasteiger partial charge in [0.05, 0.1) is 6.21 Å². The van der Waals surface area contributed by atoms with Crippen LogP contribution in [0.5, 0.6) is 0 Å². The summed E-state index contributed by atoms with van der Waals surface area (Å²) in [5, 5.41) is 5.42. The van der Waals surface area contributed by atoms with Gasteiger partial charge in [0.2, 0.25) is 0 Å². The number of nitrogens with zero attached hydrogens (tertiary/aromatic N) is 3. The number of benzene rings is 3. The third-order valence-corrected chi connectivity index (χ3v) is 7.02. The van der Waals surface area contributed by atoms with Gasteiger partial charge in [-0.15, -0.1) is 0 Å². The van der Waals surface area contributed by atoms with Crippen LogP contribution in [0.2, 0.25) is 0 Å². The van der Waals surface area contributed by atoms with Crippen molar-refractivity contribution in [1.29, 1.82) is 0 Å². The number of nitrogens with one attached hydrogen (secondary N) is 1. The van der Waals surface area contributed by atoms with Crippen molar-refractivity contribution in [3.63, 3.8) is 0 Å². The van der Waals surface area contributed by atoms with Gasteiger partial charge in [-0.1, -0.05) is 46.3 Å². The first-order valence-corrected chi connectivity index (χ1v) is 12.4.